The zero-order valence-electron chi connectivity index (χ0n) is 25.6. The van der Waals surface area contributed by atoms with Gasteiger partial charge in [0, 0.05) is 28.5 Å². The molecule has 4 atom stereocenters. The molecule has 2 unspecified atom stereocenters. The van der Waals surface area contributed by atoms with Crippen LogP contribution in [-0.2, 0) is 5.41 Å². The molecule has 2 aliphatic carbocycles. The summed E-state index contributed by atoms with van der Waals surface area (Å²) in [5.74, 6) is 3.85. The van der Waals surface area contributed by atoms with Gasteiger partial charge in [0.15, 0.2) is 17.5 Å². The van der Waals surface area contributed by atoms with Crippen molar-refractivity contribution < 1.29 is 0 Å². The van der Waals surface area contributed by atoms with Crippen LogP contribution in [0.5, 0.6) is 0 Å². The monoisotopic (exact) mass is 586 g/mol. The number of benzene rings is 3. The van der Waals surface area contributed by atoms with Gasteiger partial charge in [-0.25, -0.2) is 15.0 Å². The van der Waals surface area contributed by atoms with Crippen LogP contribution in [0.4, 0.5) is 0 Å². The van der Waals surface area contributed by atoms with Gasteiger partial charge < -0.3 is 0 Å². The number of aromatic nitrogens is 4. The fourth-order valence-electron chi connectivity index (χ4n) is 7.94. The number of nitriles is 2. The molecule has 2 saturated carbocycles. The largest absolute Gasteiger partial charge is 0.256 e. The molecule has 2 fully saturated rings. The summed E-state index contributed by atoms with van der Waals surface area (Å²) in [7, 11) is 0. The molecule has 7 rings (SSSR count). The fraction of sp³-hybridized carbons (Fsp3) is 0.282. The van der Waals surface area contributed by atoms with Gasteiger partial charge in [-0.3, -0.25) is 4.98 Å². The van der Waals surface area contributed by atoms with Gasteiger partial charge in [-0.1, -0.05) is 50.2 Å². The zero-order chi connectivity index (χ0) is 31.0. The summed E-state index contributed by atoms with van der Waals surface area (Å²) < 4.78 is 0. The first-order chi connectivity index (χ1) is 21.9. The zero-order valence-corrected chi connectivity index (χ0v) is 25.6. The first-order valence-corrected chi connectivity index (χ1v) is 15.8. The second kappa shape index (κ2) is 11.7. The highest BCUT2D eigenvalue weighted by Crippen LogP contribution is 2.54. The van der Waals surface area contributed by atoms with Crippen molar-refractivity contribution in [1.29, 1.82) is 10.5 Å². The number of rotatable bonds is 5. The Balaban J connectivity index is 1.26. The smallest absolute Gasteiger partial charge is 0.164 e. The normalized spacial score (nSPS) is 22.3. The summed E-state index contributed by atoms with van der Waals surface area (Å²) in [6.07, 6.45) is 8.65. The van der Waals surface area contributed by atoms with Gasteiger partial charge in [0.1, 0.15) is 0 Å². The predicted molar refractivity (Wildman–Crippen MR) is 175 cm³/mol. The van der Waals surface area contributed by atoms with Gasteiger partial charge in [0.25, 0.3) is 0 Å². The van der Waals surface area contributed by atoms with E-state index in [9.17, 15) is 10.5 Å². The Morgan fingerprint density at radius 1 is 0.622 bits per heavy atom. The van der Waals surface area contributed by atoms with Crippen LogP contribution < -0.4 is 0 Å². The van der Waals surface area contributed by atoms with Crippen LogP contribution in [-0.4, -0.2) is 19.9 Å². The Labute approximate surface area is 264 Å². The van der Waals surface area contributed by atoms with E-state index in [-0.39, 0.29) is 5.41 Å². The molecule has 220 valence electrons. The molecule has 0 N–H and O–H groups in total. The maximum Gasteiger partial charge on any atom is 0.164 e. The number of hydrogen-bond donors (Lipinski definition) is 0. The van der Waals surface area contributed by atoms with Crippen molar-refractivity contribution in [2.45, 2.75) is 51.4 Å². The van der Waals surface area contributed by atoms with E-state index in [1.807, 2.05) is 36.4 Å². The molecule has 0 spiro atoms. The average molecular weight is 587 g/mol. The Kier molecular flexibility index (Phi) is 7.43. The van der Waals surface area contributed by atoms with Gasteiger partial charge >= 0.3 is 0 Å². The molecular weight excluding hydrogens is 552 g/mol. The third kappa shape index (κ3) is 5.73. The van der Waals surface area contributed by atoms with Crippen LogP contribution >= 0.6 is 0 Å². The van der Waals surface area contributed by atoms with E-state index in [1.165, 1.54) is 37.7 Å². The standard InChI is InChI=1S/C39H34N6/c1-25-15-29-16-26(2)20-39(19-25,21-29)34-13-14-35(42-24-34)31-6-4-8-33(18-31)38-44-36(30-11-9-27(22-40)10-12-30)43-37(45-38)32-7-3-5-28(17-32)23-41/h3-14,17-18,24-26,29H,15-16,19-21H2,1-2H3/t25-,26+,29?,39?. The number of fused-ring (bicyclic) bond motifs is 2. The lowest BCUT2D eigenvalue weighted by Crippen LogP contribution is -2.42. The van der Waals surface area contributed by atoms with Crippen molar-refractivity contribution >= 4 is 0 Å². The molecule has 6 heteroatoms. The highest BCUT2D eigenvalue weighted by Gasteiger charge is 2.45. The van der Waals surface area contributed by atoms with Crippen LogP contribution in [0, 0.1) is 40.4 Å². The van der Waals surface area contributed by atoms with Crippen molar-refractivity contribution in [2.24, 2.45) is 17.8 Å². The van der Waals surface area contributed by atoms with Crippen molar-refractivity contribution in [3.63, 3.8) is 0 Å². The molecule has 45 heavy (non-hydrogen) atoms. The Morgan fingerprint density at radius 3 is 1.84 bits per heavy atom. The lowest BCUT2D eigenvalue weighted by atomic mass is 9.55. The van der Waals surface area contributed by atoms with Crippen LogP contribution in [0.15, 0.2) is 91.1 Å². The summed E-state index contributed by atoms with van der Waals surface area (Å²) in [6, 6.07) is 31.5. The van der Waals surface area contributed by atoms with Crippen LogP contribution in [0.25, 0.3) is 45.4 Å². The van der Waals surface area contributed by atoms with Crippen LogP contribution in [0.3, 0.4) is 0 Å². The van der Waals surface area contributed by atoms with E-state index in [0.29, 0.717) is 28.6 Å². The van der Waals surface area contributed by atoms with Gasteiger partial charge in [0.05, 0.1) is 29.0 Å². The number of pyridine rings is 1. The quantitative estimate of drug-likeness (QED) is 0.204. The lowest BCUT2D eigenvalue weighted by Gasteiger charge is -2.50. The predicted octanol–water partition coefficient (Wildman–Crippen LogP) is 8.78. The maximum atomic E-state index is 9.48. The summed E-state index contributed by atoms with van der Waals surface area (Å²) in [4.78, 5) is 19.5. The van der Waals surface area contributed by atoms with E-state index in [0.717, 1.165) is 45.7 Å². The van der Waals surface area contributed by atoms with Gasteiger partial charge in [-0.05, 0) is 109 Å². The molecule has 2 bridgehead atoms. The highest BCUT2D eigenvalue weighted by molar-refractivity contribution is 5.71. The molecule has 2 aliphatic rings. The molecule has 6 nitrogen and oxygen atoms in total. The highest BCUT2D eigenvalue weighted by atomic mass is 15.0. The SMILES string of the molecule is C[C@@H]1CC2C[C@H](C)CC(c3ccc(-c4cccc(-c5nc(-c6ccc(C#N)cc6)nc(-c6cccc(C#N)c6)n5)c4)nc3)(C2)C1. The van der Waals surface area contributed by atoms with E-state index >= 15 is 0 Å². The number of hydrogen-bond acceptors (Lipinski definition) is 6. The van der Waals surface area contributed by atoms with Gasteiger partial charge in [-0.2, -0.15) is 10.5 Å². The van der Waals surface area contributed by atoms with E-state index in [4.69, 9.17) is 19.9 Å². The summed E-state index contributed by atoms with van der Waals surface area (Å²) >= 11 is 0. The minimum atomic E-state index is 0.249. The lowest BCUT2D eigenvalue weighted by molar-refractivity contribution is 0.0778. The second-order valence-electron chi connectivity index (χ2n) is 13.1. The number of nitrogens with zero attached hydrogens (tertiary/aromatic N) is 6. The average Bonchev–Trinajstić information content (AvgIpc) is 3.07. The van der Waals surface area contributed by atoms with E-state index in [2.05, 4.69) is 56.4 Å². The third-order valence-electron chi connectivity index (χ3n) is 9.58. The van der Waals surface area contributed by atoms with Crippen molar-refractivity contribution in [3.05, 3.63) is 108 Å². The second-order valence-corrected chi connectivity index (χ2v) is 13.1. The van der Waals surface area contributed by atoms with Crippen LogP contribution in [0.1, 0.15) is 62.6 Å². The molecule has 3 aromatic carbocycles. The minimum absolute atomic E-state index is 0.249. The fourth-order valence-corrected chi connectivity index (χ4v) is 7.94. The molecule has 0 saturated heterocycles. The third-order valence-corrected chi connectivity index (χ3v) is 9.58. The molecule has 0 radical (unpaired) electrons. The first-order valence-electron chi connectivity index (χ1n) is 15.8. The Bertz CT molecular complexity index is 1930. The van der Waals surface area contributed by atoms with Crippen molar-refractivity contribution in [1.82, 2.24) is 19.9 Å². The van der Waals surface area contributed by atoms with Gasteiger partial charge in [-0.15, -0.1) is 0 Å². The topological polar surface area (TPSA) is 99.1 Å². The van der Waals surface area contributed by atoms with E-state index in [1.54, 1.807) is 24.3 Å². The molecular formula is C39H34N6. The maximum absolute atomic E-state index is 9.48. The molecule has 0 amide bonds. The van der Waals surface area contributed by atoms with E-state index < -0.39 is 0 Å². The Morgan fingerprint density at radius 2 is 1.22 bits per heavy atom. The summed E-state index contributed by atoms with van der Waals surface area (Å²) in [5, 5.41) is 18.8. The first kappa shape index (κ1) is 28.6. The molecule has 2 heterocycles. The Hall–Kier alpha value is -5.20. The van der Waals surface area contributed by atoms with Crippen LogP contribution in [0.2, 0.25) is 0 Å². The van der Waals surface area contributed by atoms with Crippen molar-refractivity contribution in [3.8, 4) is 57.6 Å². The van der Waals surface area contributed by atoms with Gasteiger partial charge in [0.2, 0.25) is 0 Å². The summed E-state index contributed by atoms with van der Waals surface area (Å²) in [5.41, 5.74) is 7.01. The minimum Gasteiger partial charge on any atom is -0.256 e. The molecule has 2 aromatic heterocycles. The molecule has 0 aliphatic heterocycles. The van der Waals surface area contributed by atoms with Crippen molar-refractivity contribution in [2.75, 3.05) is 0 Å². The summed E-state index contributed by atoms with van der Waals surface area (Å²) in [6.45, 7) is 4.84. The molecule has 5 aromatic rings.